The number of nitrogens with one attached hydrogen (secondary N) is 2. The predicted octanol–water partition coefficient (Wildman–Crippen LogP) is 1.69. The summed E-state index contributed by atoms with van der Waals surface area (Å²) in [6.07, 6.45) is 0. The molecule has 0 spiro atoms. The van der Waals surface area contributed by atoms with E-state index in [0.29, 0.717) is 17.2 Å². The smallest absolute Gasteiger partial charge is 0.258 e. The summed E-state index contributed by atoms with van der Waals surface area (Å²) in [5.41, 5.74) is 0.527. The predicted molar refractivity (Wildman–Crippen MR) is 86.1 cm³/mol. The number of rotatable bonds is 6. The fourth-order valence-corrected chi connectivity index (χ4v) is 2.12. The molecule has 0 aliphatic carbocycles. The van der Waals surface area contributed by atoms with Gasteiger partial charge in [-0.3, -0.25) is 9.59 Å². The lowest BCUT2D eigenvalue weighted by Crippen LogP contribution is -2.35. The molecule has 2 amide bonds. The van der Waals surface area contributed by atoms with Crippen LogP contribution in [-0.2, 0) is 9.59 Å². The van der Waals surface area contributed by atoms with E-state index < -0.39 is 17.6 Å². The van der Waals surface area contributed by atoms with Crippen molar-refractivity contribution in [3.8, 4) is 17.2 Å². The lowest BCUT2D eigenvalue weighted by molar-refractivity contribution is -0.125. The van der Waals surface area contributed by atoms with Crippen molar-refractivity contribution in [2.75, 3.05) is 25.3 Å². The van der Waals surface area contributed by atoms with E-state index in [9.17, 15) is 14.0 Å². The summed E-state index contributed by atoms with van der Waals surface area (Å²) in [4.78, 5) is 23.5. The van der Waals surface area contributed by atoms with Gasteiger partial charge >= 0.3 is 0 Å². The number of hydrogen-bond acceptors (Lipinski definition) is 5. The van der Waals surface area contributed by atoms with Crippen molar-refractivity contribution in [3.63, 3.8) is 0 Å². The number of hydrogen-bond donors (Lipinski definition) is 2. The molecule has 1 aliphatic rings. The van der Waals surface area contributed by atoms with Crippen LogP contribution in [0.5, 0.6) is 17.2 Å². The van der Waals surface area contributed by atoms with Crippen molar-refractivity contribution in [1.82, 2.24) is 5.32 Å². The highest BCUT2D eigenvalue weighted by molar-refractivity contribution is 5.95. The molecule has 2 aromatic rings. The Hall–Kier alpha value is -3.29. The summed E-state index contributed by atoms with van der Waals surface area (Å²) in [6.45, 7) is -0.394. The lowest BCUT2D eigenvalue weighted by Gasteiger charge is -2.09. The summed E-state index contributed by atoms with van der Waals surface area (Å²) in [6, 6.07) is 10.4. The Balaban J connectivity index is 1.42. The zero-order chi connectivity index (χ0) is 17.6. The number of ether oxygens (including phenoxy) is 3. The first-order chi connectivity index (χ1) is 12.1. The average Bonchev–Trinajstić information content (AvgIpc) is 3.06. The Morgan fingerprint density at radius 3 is 2.76 bits per heavy atom. The standard InChI is InChI=1S/C17H15FN2O5/c18-11-2-1-3-13(6-11)23-9-17(22)19-8-16(21)20-12-4-5-14-15(7-12)25-10-24-14/h1-7H,8-10H2,(H,19,22)(H,20,21). The second kappa shape index (κ2) is 7.52. The topological polar surface area (TPSA) is 85.9 Å². The maximum atomic E-state index is 13.0. The summed E-state index contributed by atoms with van der Waals surface area (Å²) in [5, 5.41) is 5.04. The summed E-state index contributed by atoms with van der Waals surface area (Å²) in [7, 11) is 0. The molecule has 1 heterocycles. The third kappa shape index (κ3) is 4.60. The lowest BCUT2D eigenvalue weighted by atomic mass is 10.3. The molecule has 3 rings (SSSR count). The van der Waals surface area contributed by atoms with E-state index >= 15 is 0 Å². The number of anilines is 1. The van der Waals surface area contributed by atoms with Gasteiger partial charge in [0.1, 0.15) is 11.6 Å². The van der Waals surface area contributed by atoms with Crippen molar-refractivity contribution in [1.29, 1.82) is 0 Å². The van der Waals surface area contributed by atoms with Crippen molar-refractivity contribution < 1.29 is 28.2 Å². The van der Waals surface area contributed by atoms with E-state index in [1.54, 1.807) is 18.2 Å². The first kappa shape index (κ1) is 16.6. The maximum Gasteiger partial charge on any atom is 0.258 e. The molecule has 2 N–H and O–H groups in total. The van der Waals surface area contributed by atoms with Gasteiger partial charge in [0.25, 0.3) is 5.91 Å². The quantitative estimate of drug-likeness (QED) is 0.831. The van der Waals surface area contributed by atoms with Gasteiger partial charge in [-0.15, -0.1) is 0 Å². The number of halogens is 1. The van der Waals surface area contributed by atoms with Crippen LogP contribution in [0.15, 0.2) is 42.5 Å². The molecule has 0 bridgehead atoms. The Bertz CT molecular complexity index is 796. The molecule has 0 saturated heterocycles. The number of carbonyl (C=O) groups is 2. The van der Waals surface area contributed by atoms with Gasteiger partial charge in [0.15, 0.2) is 18.1 Å². The Kier molecular flexibility index (Phi) is 4.98. The monoisotopic (exact) mass is 346 g/mol. The molecule has 0 atom stereocenters. The normalized spacial score (nSPS) is 11.7. The molecule has 8 heteroatoms. The minimum Gasteiger partial charge on any atom is -0.484 e. The molecule has 0 saturated carbocycles. The molecule has 25 heavy (non-hydrogen) atoms. The average molecular weight is 346 g/mol. The van der Waals surface area contributed by atoms with Gasteiger partial charge < -0.3 is 24.8 Å². The Morgan fingerprint density at radius 2 is 1.92 bits per heavy atom. The Labute approximate surface area is 142 Å². The van der Waals surface area contributed by atoms with Gasteiger partial charge in [-0.1, -0.05) is 6.07 Å². The van der Waals surface area contributed by atoms with Crippen LogP contribution in [0.2, 0.25) is 0 Å². The molecule has 1 aliphatic heterocycles. The highest BCUT2D eigenvalue weighted by atomic mass is 19.1. The zero-order valence-corrected chi connectivity index (χ0v) is 13.1. The number of fused-ring (bicyclic) bond motifs is 1. The molecular weight excluding hydrogens is 331 g/mol. The van der Waals surface area contributed by atoms with Crippen LogP contribution in [0.25, 0.3) is 0 Å². The number of carbonyl (C=O) groups excluding carboxylic acids is 2. The van der Waals surface area contributed by atoms with E-state index in [0.717, 1.165) is 0 Å². The molecule has 130 valence electrons. The number of amides is 2. The van der Waals surface area contributed by atoms with Crippen LogP contribution >= 0.6 is 0 Å². The van der Waals surface area contributed by atoms with Crippen LogP contribution in [0.1, 0.15) is 0 Å². The Morgan fingerprint density at radius 1 is 1.08 bits per heavy atom. The van der Waals surface area contributed by atoms with Gasteiger partial charge in [-0.25, -0.2) is 4.39 Å². The first-order valence-electron chi connectivity index (χ1n) is 7.45. The van der Waals surface area contributed by atoms with Crippen molar-refractivity contribution in [2.24, 2.45) is 0 Å². The van der Waals surface area contributed by atoms with Crippen LogP contribution in [0.3, 0.4) is 0 Å². The number of benzene rings is 2. The minimum atomic E-state index is -0.495. The van der Waals surface area contributed by atoms with Crippen LogP contribution in [0, 0.1) is 5.82 Å². The van der Waals surface area contributed by atoms with Gasteiger partial charge in [-0.05, 0) is 24.3 Å². The van der Waals surface area contributed by atoms with Crippen LogP contribution in [-0.4, -0.2) is 31.8 Å². The van der Waals surface area contributed by atoms with Crippen LogP contribution < -0.4 is 24.8 Å². The molecule has 0 aromatic heterocycles. The fourth-order valence-electron chi connectivity index (χ4n) is 2.12. The fraction of sp³-hybridized carbons (Fsp3) is 0.176. The van der Waals surface area contributed by atoms with E-state index in [1.165, 1.54) is 24.3 Å². The molecule has 0 unspecified atom stereocenters. The first-order valence-corrected chi connectivity index (χ1v) is 7.45. The molecular formula is C17H15FN2O5. The van der Waals surface area contributed by atoms with Crippen molar-refractivity contribution in [3.05, 3.63) is 48.3 Å². The van der Waals surface area contributed by atoms with Crippen molar-refractivity contribution in [2.45, 2.75) is 0 Å². The van der Waals surface area contributed by atoms with E-state index in [2.05, 4.69) is 10.6 Å². The third-order valence-corrected chi connectivity index (χ3v) is 3.27. The van der Waals surface area contributed by atoms with Gasteiger partial charge in [0.05, 0.1) is 6.54 Å². The SMILES string of the molecule is O=C(COc1cccc(F)c1)NCC(=O)Nc1ccc2c(c1)OCO2. The summed E-state index contributed by atoms with van der Waals surface area (Å²) >= 11 is 0. The summed E-state index contributed by atoms with van der Waals surface area (Å²) < 4.78 is 28.5. The maximum absolute atomic E-state index is 13.0. The highest BCUT2D eigenvalue weighted by Gasteiger charge is 2.14. The highest BCUT2D eigenvalue weighted by Crippen LogP contribution is 2.34. The van der Waals surface area contributed by atoms with Gasteiger partial charge in [-0.2, -0.15) is 0 Å². The molecule has 0 fully saturated rings. The van der Waals surface area contributed by atoms with Crippen molar-refractivity contribution >= 4 is 17.5 Å². The van der Waals surface area contributed by atoms with Gasteiger partial charge in [0.2, 0.25) is 12.7 Å². The summed E-state index contributed by atoms with van der Waals surface area (Å²) in [5.74, 6) is 0.0372. The third-order valence-electron chi connectivity index (χ3n) is 3.27. The van der Waals surface area contributed by atoms with E-state index in [4.69, 9.17) is 14.2 Å². The zero-order valence-electron chi connectivity index (χ0n) is 13.1. The second-order valence-electron chi connectivity index (χ2n) is 5.14. The largest absolute Gasteiger partial charge is 0.484 e. The molecule has 7 nitrogen and oxygen atoms in total. The molecule has 2 aromatic carbocycles. The molecule has 0 radical (unpaired) electrons. The van der Waals surface area contributed by atoms with E-state index in [1.807, 2.05) is 0 Å². The van der Waals surface area contributed by atoms with Gasteiger partial charge in [0, 0.05) is 17.8 Å². The second-order valence-corrected chi connectivity index (χ2v) is 5.14. The van der Waals surface area contributed by atoms with E-state index in [-0.39, 0.29) is 25.7 Å². The minimum absolute atomic E-state index is 0.147. The van der Waals surface area contributed by atoms with Crippen LogP contribution in [0.4, 0.5) is 10.1 Å².